The van der Waals surface area contributed by atoms with E-state index in [0.29, 0.717) is 5.69 Å². The Morgan fingerprint density at radius 3 is 2.62 bits per heavy atom. The number of carbonyl (C=O) groups excluding carboxylic acids is 1. The third-order valence-corrected chi connectivity index (χ3v) is 3.83. The third kappa shape index (κ3) is 4.45. The highest BCUT2D eigenvalue weighted by molar-refractivity contribution is 6.07. The minimum absolute atomic E-state index is 0.163. The average Bonchev–Trinajstić information content (AvgIpc) is 2.59. The normalized spacial score (nSPS) is 11.2. The molecule has 0 saturated carbocycles. The van der Waals surface area contributed by atoms with Crippen LogP contribution in [0.3, 0.4) is 0 Å². The number of rotatable bonds is 5. The summed E-state index contributed by atoms with van der Waals surface area (Å²) in [7, 11) is 0. The van der Waals surface area contributed by atoms with Crippen molar-refractivity contribution in [1.82, 2.24) is 0 Å². The van der Waals surface area contributed by atoms with E-state index < -0.39 is 17.5 Å². The summed E-state index contributed by atoms with van der Waals surface area (Å²) >= 11 is 0. The van der Waals surface area contributed by atoms with Crippen LogP contribution in [0.5, 0.6) is 0 Å². The Hall–Kier alpha value is -3.20. The first-order valence-electron chi connectivity index (χ1n) is 8.06. The molecule has 0 aliphatic carbocycles. The molecule has 0 spiro atoms. The van der Waals surface area contributed by atoms with Gasteiger partial charge in [0.15, 0.2) is 0 Å². The van der Waals surface area contributed by atoms with E-state index in [2.05, 4.69) is 10.6 Å². The molecule has 0 aliphatic rings. The van der Waals surface area contributed by atoms with Crippen molar-refractivity contribution in [2.24, 2.45) is 0 Å². The number of nitriles is 1. The van der Waals surface area contributed by atoms with Crippen molar-refractivity contribution in [3.63, 3.8) is 0 Å². The van der Waals surface area contributed by atoms with Crippen LogP contribution in [0.15, 0.2) is 48.2 Å². The lowest BCUT2D eigenvalue weighted by Gasteiger charge is -2.16. The number of hydrogen-bond donors (Lipinski definition) is 2. The zero-order chi connectivity index (χ0) is 19.3. The lowest BCUT2D eigenvalue weighted by atomic mass is 9.98. The second kappa shape index (κ2) is 8.26. The predicted octanol–water partition coefficient (Wildman–Crippen LogP) is 4.85. The maximum Gasteiger partial charge on any atom is 0.267 e. The molecule has 0 unspecified atom stereocenters. The van der Waals surface area contributed by atoms with Gasteiger partial charge in [0.05, 0.1) is 5.69 Å². The molecule has 2 aromatic carbocycles. The molecule has 4 nitrogen and oxygen atoms in total. The molecule has 6 heteroatoms. The number of benzene rings is 2. The van der Waals surface area contributed by atoms with Crippen LogP contribution in [-0.4, -0.2) is 5.91 Å². The first-order valence-corrected chi connectivity index (χ1v) is 8.06. The fourth-order valence-electron chi connectivity index (χ4n) is 2.43. The molecule has 0 bridgehead atoms. The van der Waals surface area contributed by atoms with E-state index in [9.17, 15) is 18.8 Å². The predicted molar refractivity (Wildman–Crippen MR) is 97.6 cm³/mol. The number of nitrogens with one attached hydrogen (secondary N) is 2. The van der Waals surface area contributed by atoms with Gasteiger partial charge in [-0.05, 0) is 36.1 Å². The number of anilines is 2. The van der Waals surface area contributed by atoms with Gasteiger partial charge in [-0.3, -0.25) is 4.79 Å². The Labute approximate surface area is 151 Å². The molecular weight excluding hydrogens is 336 g/mol. The van der Waals surface area contributed by atoms with Crippen molar-refractivity contribution in [2.45, 2.75) is 26.7 Å². The van der Waals surface area contributed by atoms with Crippen LogP contribution in [0.2, 0.25) is 0 Å². The molecular formula is C20H19F2N3O. The number of aryl methyl sites for hydroxylation is 1. The fraction of sp³-hybridized carbons (Fsp3) is 0.200. The summed E-state index contributed by atoms with van der Waals surface area (Å²) in [5, 5.41) is 14.4. The van der Waals surface area contributed by atoms with Crippen LogP contribution in [0, 0.1) is 29.9 Å². The Balaban J connectivity index is 2.25. The molecule has 26 heavy (non-hydrogen) atoms. The Bertz CT molecular complexity index is 898. The van der Waals surface area contributed by atoms with Gasteiger partial charge in [-0.1, -0.05) is 32.0 Å². The molecule has 0 heterocycles. The smallest absolute Gasteiger partial charge is 0.267 e. The van der Waals surface area contributed by atoms with Crippen molar-refractivity contribution < 1.29 is 13.6 Å². The Morgan fingerprint density at radius 2 is 1.96 bits per heavy atom. The highest BCUT2D eigenvalue weighted by Crippen LogP contribution is 2.27. The molecule has 0 atom stereocenters. The summed E-state index contributed by atoms with van der Waals surface area (Å²) in [5.74, 6) is -1.78. The molecule has 134 valence electrons. The molecule has 0 aliphatic heterocycles. The van der Waals surface area contributed by atoms with Crippen LogP contribution in [-0.2, 0) is 4.79 Å². The third-order valence-electron chi connectivity index (χ3n) is 3.83. The first-order chi connectivity index (χ1) is 12.3. The number of amides is 1. The summed E-state index contributed by atoms with van der Waals surface area (Å²) in [6.45, 7) is 5.86. The summed E-state index contributed by atoms with van der Waals surface area (Å²) < 4.78 is 26.8. The molecule has 0 saturated heterocycles. The standard InChI is InChI=1S/C20H19F2N3O/c1-12(2)16-6-4-5-13(3)19(16)25-20(26)14(10-23)11-24-18-9-15(21)7-8-17(18)22/h4-9,11-12,24H,1-3H3,(H,25,26)/b14-11-. The first kappa shape index (κ1) is 19.1. The number of para-hydroxylation sites is 1. The van der Waals surface area contributed by atoms with Gasteiger partial charge in [-0.15, -0.1) is 0 Å². The monoisotopic (exact) mass is 355 g/mol. The van der Waals surface area contributed by atoms with Gasteiger partial charge >= 0.3 is 0 Å². The van der Waals surface area contributed by atoms with Crippen molar-refractivity contribution in [3.8, 4) is 6.07 Å². The fourth-order valence-corrected chi connectivity index (χ4v) is 2.43. The van der Waals surface area contributed by atoms with E-state index in [-0.39, 0.29) is 17.2 Å². The summed E-state index contributed by atoms with van der Waals surface area (Å²) in [6, 6.07) is 10.3. The number of carbonyl (C=O) groups is 1. The summed E-state index contributed by atoms with van der Waals surface area (Å²) in [5.41, 5.74) is 2.03. The maximum absolute atomic E-state index is 13.6. The summed E-state index contributed by atoms with van der Waals surface area (Å²) in [4.78, 5) is 12.4. The van der Waals surface area contributed by atoms with Crippen LogP contribution in [0.4, 0.5) is 20.2 Å². The highest BCUT2D eigenvalue weighted by atomic mass is 19.1. The van der Waals surface area contributed by atoms with E-state index >= 15 is 0 Å². The second-order valence-corrected chi connectivity index (χ2v) is 6.09. The zero-order valence-electron chi connectivity index (χ0n) is 14.7. The Morgan fingerprint density at radius 1 is 1.23 bits per heavy atom. The van der Waals surface area contributed by atoms with Gasteiger partial charge in [0.1, 0.15) is 23.3 Å². The van der Waals surface area contributed by atoms with E-state index in [1.165, 1.54) is 0 Å². The van der Waals surface area contributed by atoms with Gasteiger partial charge in [0, 0.05) is 18.0 Å². The van der Waals surface area contributed by atoms with E-state index in [4.69, 9.17) is 0 Å². The topological polar surface area (TPSA) is 64.9 Å². The number of halogens is 2. The van der Waals surface area contributed by atoms with Gasteiger partial charge in [0.25, 0.3) is 5.91 Å². The zero-order valence-corrected chi connectivity index (χ0v) is 14.7. The van der Waals surface area contributed by atoms with Gasteiger partial charge in [0.2, 0.25) is 0 Å². The maximum atomic E-state index is 13.6. The SMILES string of the molecule is Cc1cccc(C(C)C)c1NC(=O)/C(C#N)=C\Nc1cc(F)ccc1F. The number of nitrogens with zero attached hydrogens (tertiary/aromatic N) is 1. The summed E-state index contributed by atoms with van der Waals surface area (Å²) in [6.07, 6.45) is 1.06. The highest BCUT2D eigenvalue weighted by Gasteiger charge is 2.15. The van der Waals surface area contributed by atoms with Crippen LogP contribution < -0.4 is 10.6 Å². The molecule has 0 aromatic heterocycles. The van der Waals surface area contributed by atoms with E-state index in [1.807, 2.05) is 39.0 Å². The van der Waals surface area contributed by atoms with Crippen molar-refractivity contribution >= 4 is 17.3 Å². The van der Waals surface area contributed by atoms with Gasteiger partial charge in [-0.2, -0.15) is 5.26 Å². The molecule has 2 rings (SSSR count). The molecule has 1 amide bonds. The van der Waals surface area contributed by atoms with E-state index in [0.717, 1.165) is 35.5 Å². The second-order valence-electron chi connectivity index (χ2n) is 6.09. The van der Waals surface area contributed by atoms with Gasteiger partial charge in [-0.25, -0.2) is 8.78 Å². The van der Waals surface area contributed by atoms with Gasteiger partial charge < -0.3 is 10.6 Å². The van der Waals surface area contributed by atoms with Crippen LogP contribution in [0.25, 0.3) is 0 Å². The van der Waals surface area contributed by atoms with Crippen molar-refractivity contribution in [1.29, 1.82) is 5.26 Å². The lowest BCUT2D eigenvalue weighted by molar-refractivity contribution is -0.112. The lowest BCUT2D eigenvalue weighted by Crippen LogP contribution is -2.17. The molecule has 2 N–H and O–H groups in total. The molecule has 0 fully saturated rings. The quantitative estimate of drug-likeness (QED) is 0.595. The minimum Gasteiger partial charge on any atom is -0.358 e. The molecule has 0 radical (unpaired) electrons. The van der Waals surface area contributed by atoms with E-state index in [1.54, 1.807) is 6.07 Å². The number of hydrogen-bond acceptors (Lipinski definition) is 3. The van der Waals surface area contributed by atoms with Crippen LogP contribution >= 0.6 is 0 Å². The van der Waals surface area contributed by atoms with Crippen LogP contribution in [0.1, 0.15) is 30.9 Å². The van der Waals surface area contributed by atoms with Crippen molar-refractivity contribution in [3.05, 3.63) is 70.9 Å². The largest absolute Gasteiger partial charge is 0.358 e. The minimum atomic E-state index is -0.693. The average molecular weight is 355 g/mol. The molecule has 2 aromatic rings. The van der Waals surface area contributed by atoms with Crippen molar-refractivity contribution in [2.75, 3.05) is 10.6 Å². The Kier molecular flexibility index (Phi) is 6.07.